The number of carbonyl (C=O) groups is 2. The lowest BCUT2D eigenvalue weighted by Gasteiger charge is -2.27. The molecule has 162 valence electrons. The molecule has 1 saturated heterocycles. The maximum Gasteiger partial charge on any atom is 0.243 e. The number of benzene rings is 1. The van der Waals surface area contributed by atoms with Crippen LogP contribution < -0.4 is 5.32 Å². The van der Waals surface area contributed by atoms with E-state index in [-0.39, 0.29) is 11.8 Å². The van der Waals surface area contributed by atoms with Crippen LogP contribution in [0, 0.1) is 6.92 Å². The van der Waals surface area contributed by atoms with Crippen LogP contribution in [-0.4, -0.2) is 39.4 Å². The minimum absolute atomic E-state index is 0.0646. The highest BCUT2D eigenvalue weighted by Crippen LogP contribution is 2.28. The summed E-state index contributed by atoms with van der Waals surface area (Å²) in [5.41, 5.74) is 4.68. The van der Waals surface area contributed by atoms with Crippen LogP contribution in [0.25, 0.3) is 10.4 Å². The van der Waals surface area contributed by atoms with E-state index in [4.69, 9.17) is 4.52 Å². The number of nitrogens with one attached hydrogen (secondary N) is 1. The third-order valence-corrected chi connectivity index (χ3v) is 6.49. The minimum Gasteiger partial charge on any atom is -0.360 e. The van der Waals surface area contributed by atoms with Gasteiger partial charge in [-0.05, 0) is 37.3 Å². The van der Waals surface area contributed by atoms with E-state index in [0.29, 0.717) is 31.7 Å². The third-order valence-electron chi connectivity index (χ3n) is 5.67. The van der Waals surface area contributed by atoms with E-state index in [2.05, 4.69) is 15.5 Å². The summed E-state index contributed by atoms with van der Waals surface area (Å²) in [7, 11) is 0. The average molecular weight is 439 g/mol. The van der Waals surface area contributed by atoms with Crippen molar-refractivity contribution in [1.29, 1.82) is 0 Å². The van der Waals surface area contributed by atoms with Crippen LogP contribution in [-0.2, 0) is 16.1 Å². The van der Waals surface area contributed by atoms with Gasteiger partial charge in [-0.3, -0.25) is 14.6 Å². The van der Waals surface area contributed by atoms with Crippen molar-refractivity contribution in [3.05, 3.63) is 59.1 Å². The molecular formula is C23H26N4O3S. The SMILES string of the molecule is CCC(C(=O)N1CCCC1C(=O)NCc1ccc(-c2cncs2)cc1)c1cc(C)no1. The first-order valence-corrected chi connectivity index (χ1v) is 11.4. The Kier molecular flexibility index (Phi) is 6.46. The number of thiazole rings is 1. The molecule has 1 aliphatic heterocycles. The highest BCUT2D eigenvalue weighted by molar-refractivity contribution is 7.13. The van der Waals surface area contributed by atoms with E-state index in [9.17, 15) is 9.59 Å². The largest absolute Gasteiger partial charge is 0.360 e. The Balaban J connectivity index is 1.38. The molecule has 0 saturated carbocycles. The Labute approximate surface area is 185 Å². The van der Waals surface area contributed by atoms with Crippen molar-refractivity contribution < 1.29 is 14.1 Å². The smallest absolute Gasteiger partial charge is 0.243 e. The van der Waals surface area contributed by atoms with Crippen molar-refractivity contribution in [3.63, 3.8) is 0 Å². The van der Waals surface area contributed by atoms with Gasteiger partial charge in [-0.1, -0.05) is 36.3 Å². The normalized spacial score (nSPS) is 17.0. The number of carbonyl (C=O) groups excluding carboxylic acids is 2. The molecule has 4 rings (SSSR count). The molecule has 0 bridgehead atoms. The summed E-state index contributed by atoms with van der Waals surface area (Å²) >= 11 is 1.59. The molecule has 2 unspecified atom stereocenters. The van der Waals surface area contributed by atoms with Crippen molar-refractivity contribution in [3.8, 4) is 10.4 Å². The molecule has 1 aliphatic rings. The first kappa shape index (κ1) is 21.2. The second-order valence-electron chi connectivity index (χ2n) is 7.80. The van der Waals surface area contributed by atoms with Crippen LogP contribution in [0.2, 0.25) is 0 Å². The summed E-state index contributed by atoms with van der Waals surface area (Å²) in [4.78, 5) is 33.0. The summed E-state index contributed by atoms with van der Waals surface area (Å²) in [6.45, 7) is 4.80. The maximum atomic E-state index is 13.2. The number of aromatic nitrogens is 2. The first-order chi connectivity index (χ1) is 15.1. The molecule has 1 aromatic carbocycles. The van der Waals surface area contributed by atoms with Gasteiger partial charge in [-0.25, -0.2) is 0 Å². The molecule has 7 nitrogen and oxygen atoms in total. The lowest BCUT2D eigenvalue weighted by molar-refractivity contribution is -0.140. The topological polar surface area (TPSA) is 88.3 Å². The Hall–Kier alpha value is -3.00. The predicted molar refractivity (Wildman–Crippen MR) is 118 cm³/mol. The van der Waals surface area contributed by atoms with Crippen LogP contribution in [0.5, 0.6) is 0 Å². The predicted octanol–water partition coefficient (Wildman–Crippen LogP) is 3.91. The van der Waals surface area contributed by atoms with Gasteiger partial charge >= 0.3 is 0 Å². The number of amides is 2. The van der Waals surface area contributed by atoms with Gasteiger partial charge in [0.15, 0.2) is 0 Å². The van der Waals surface area contributed by atoms with E-state index in [1.165, 1.54) is 0 Å². The third kappa shape index (κ3) is 4.69. The van der Waals surface area contributed by atoms with Crippen LogP contribution in [0.3, 0.4) is 0 Å². The lowest BCUT2D eigenvalue weighted by Crippen LogP contribution is -2.47. The van der Waals surface area contributed by atoms with Gasteiger partial charge in [0.2, 0.25) is 11.8 Å². The van der Waals surface area contributed by atoms with Crippen LogP contribution >= 0.6 is 11.3 Å². The zero-order valence-electron chi connectivity index (χ0n) is 17.7. The van der Waals surface area contributed by atoms with Crippen molar-refractivity contribution in [2.24, 2.45) is 0 Å². The van der Waals surface area contributed by atoms with E-state index in [0.717, 1.165) is 28.1 Å². The van der Waals surface area contributed by atoms with E-state index < -0.39 is 12.0 Å². The summed E-state index contributed by atoms with van der Waals surface area (Å²) < 4.78 is 5.33. The molecule has 1 N–H and O–H groups in total. The molecule has 0 spiro atoms. The first-order valence-electron chi connectivity index (χ1n) is 10.6. The van der Waals surface area contributed by atoms with E-state index in [1.807, 2.05) is 49.8 Å². The van der Waals surface area contributed by atoms with Crippen LogP contribution in [0.4, 0.5) is 0 Å². The lowest BCUT2D eigenvalue weighted by atomic mass is 10.0. The second kappa shape index (κ2) is 9.43. The molecule has 0 aliphatic carbocycles. The number of likely N-dealkylation sites (tertiary alicyclic amines) is 1. The molecule has 2 aromatic heterocycles. The fraction of sp³-hybridized carbons (Fsp3) is 0.391. The molecule has 8 heteroatoms. The fourth-order valence-electron chi connectivity index (χ4n) is 4.00. The van der Waals surface area contributed by atoms with Gasteiger partial charge in [0.25, 0.3) is 0 Å². The number of aryl methyl sites for hydroxylation is 1. The number of hydrogen-bond donors (Lipinski definition) is 1. The van der Waals surface area contributed by atoms with Crippen molar-refractivity contribution in [2.75, 3.05) is 6.54 Å². The minimum atomic E-state index is -0.443. The Morgan fingerprint density at radius 2 is 2.13 bits per heavy atom. The summed E-state index contributed by atoms with van der Waals surface area (Å²) in [5, 5.41) is 6.91. The standard InChI is InChI=1S/C23H26N4O3S/c1-3-18(20-11-15(2)26-30-20)23(29)27-10-4-5-19(27)22(28)25-12-16-6-8-17(9-7-16)21-13-24-14-31-21/h6-9,11,13-14,18-19H,3-5,10,12H2,1-2H3,(H,25,28). The molecule has 31 heavy (non-hydrogen) atoms. The number of hydrogen-bond acceptors (Lipinski definition) is 6. The van der Waals surface area contributed by atoms with Crippen molar-refractivity contribution >= 4 is 23.2 Å². The summed E-state index contributed by atoms with van der Waals surface area (Å²) in [6, 6.07) is 9.44. The van der Waals surface area contributed by atoms with Crippen LogP contribution in [0.1, 0.15) is 49.1 Å². The zero-order chi connectivity index (χ0) is 21.8. The Morgan fingerprint density at radius 1 is 1.32 bits per heavy atom. The second-order valence-corrected chi connectivity index (χ2v) is 8.69. The van der Waals surface area contributed by atoms with Gasteiger partial charge < -0.3 is 14.7 Å². The highest BCUT2D eigenvalue weighted by atomic mass is 32.1. The Morgan fingerprint density at radius 3 is 2.77 bits per heavy atom. The molecule has 2 amide bonds. The molecular weight excluding hydrogens is 412 g/mol. The van der Waals surface area contributed by atoms with Gasteiger partial charge in [-0.2, -0.15) is 0 Å². The average Bonchev–Trinajstić information content (AvgIpc) is 3.55. The molecule has 1 fully saturated rings. The van der Waals surface area contributed by atoms with Gasteiger partial charge in [0, 0.05) is 25.4 Å². The van der Waals surface area contributed by atoms with Crippen LogP contribution in [0.15, 0.2) is 46.6 Å². The summed E-state index contributed by atoms with van der Waals surface area (Å²) in [6.07, 6.45) is 3.94. The molecule has 3 aromatic rings. The highest BCUT2D eigenvalue weighted by Gasteiger charge is 2.38. The maximum absolute atomic E-state index is 13.2. The molecule has 0 radical (unpaired) electrons. The number of rotatable bonds is 7. The van der Waals surface area contributed by atoms with Gasteiger partial charge in [-0.15, -0.1) is 11.3 Å². The number of nitrogens with zero attached hydrogens (tertiary/aromatic N) is 3. The zero-order valence-corrected chi connectivity index (χ0v) is 18.5. The van der Waals surface area contributed by atoms with Crippen molar-refractivity contribution in [2.45, 2.75) is 51.6 Å². The fourth-order valence-corrected chi connectivity index (χ4v) is 4.63. The quantitative estimate of drug-likeness (QED) is 0.604. The van der Waals surface area contributed by atoms with Gasteiger partial charge in [0.1, 0.15) is 11.8 Å². The van der Waals surface area contributed by atoms with E-state index in [1.54, 1.807) is 22.3 Å². The van der Waals surface area contributed by atoms with Gasteiger partial charge in [0.05, 0.1) is 22.0 Å². The monoisotopic (exact) mass is 438 g/mol. The Bertz CT molecular complexity index is 1030. The molecule has 2 atom stereocenters. The summed E-state index contributed by atoms with van der Waals surface area (Å²) in [5.74, 6) is -0.0165. The van der Waals surface area contributed by atoms with Crippen molar-refractivity contribution in [1.82, 2.24) is 20.4 Å². The molecule has 3 heterocycles. The van der Waals surface area contributed by atoms with E-state index >= 15 is 0 Å².